The lowest BCUT2D eigenvalue weighted by Gasteiger charge is -2.15. The quantitative estimate of drug-likeness (QED) is 0.152. The van der Waals surface area contributed by atoms with Gasteiger partial charge in [0, 0.05) is 16.7 Å². The van der Waals surface area contributed by atoms with E-state index in [2.05, 4.69) is 188 Å². The molecule has 0 spiro atoms. The van der Waals surface area contributed by atoms with Crippen LogP contribution in [-0.4, -0.2) is 15.0 Å². The summed E-state index contributed by atoms with van der Waals surface area (Å²) in [5.74, 6) is 1.74. The molecule has 0 fully saturated rings. The van der Waals surface area contributed by atoms with E-state index in [0.29, 0.717) is 23.0 Å². The molecule has 0 saturated carbocycles. The molecule has 11 aromatic carbocycles. The predicted molar refractivity (Wildman–Crippen MR) is 287 cm³/mol. The predicted octanol–water partition coefficient (Wildman–Crippen LogP) is 17.0. The van der Waals surface area contributed by atoms with E-state index < -0.39 is 0 Å². The first-order valence-electron chi connectivity index (χ1n) is 23.6. The monoisotopic (exact) mass is 888 g/mol. The van der Waals surface area contributed by atoms with Gasteiger partial charge in [-0.15, -0.1) is 0 Å². The molecule has 0 atom stereocenters. The van der Waals surface area contributed by atoms with Gasteiger partial charge in [-0.3, -0.25) is 0 Å². The van der Waals surface area contributed by atoms with Gasteiger partial charge in [0.05, 0.1) is 11.6 Å². The van der Waals surface area contributed by atoms with Crippen LogP contribution in [0.4, 0.5) is 0 Å². The summed E-state index contributed by atoms with van der Waals surface area (Å²) in [4.78, 5) is 15.5. The Hall–Kier alpha value is -9.56. The van der Waals surface area contributed by atoms with Gasteiger partial charge in [0.25, 0.3) is 0 Å². The van der Waals surface area contributed by atoms with Gasteiger partial charge < -0.3 is 0 Å². The van der Waals surface area contributed by atoms with Gasteiger partial charge in [-0.05, 0) is 136 Å². The molecule has 0 saturated heterocycles. The number of nitriles is 1. The first-order valence-corrected chi connectivity index (χ1v) is 23.6. The maximum Gasteiger partial charge on any atom is 0.164 e. The Morgan fingerprint density at radius 3 is 1.49 bits per heavy atom. The number of hydrogen-bond acceptors (Lipinski definition) is 4. The SMILES string of the molecule is N#Cc1cc(-c2cccc(-c3nc(-c4ccccc4)nc(-c4ccccc4-c4ccc5ccccc5c4)n3)c2)cc(-c2ccccc2-c2cccc(-c3ccc4c5c(cccc35)-c3ccccc3-4)c2)c1. The number of nitrogens with zero attached hydrogens (tertiary/aromatic N) is 4. The summed E-state index contributed by atoms with van der Waals surface area (Å²) >= 11 is 0. The molecule has 0 aliphatic heterocycles. The Bertz CT molecular complexity index is 4060. The van der Waals surface area contributed by atoms with Crippen LogP contribution in [0.5, 0.6) is 0 Å². The van der Waals surface area contributed by atoms with Gasteiger partial charge in [0.15, 0.2) is 17.5 Å². The minimum atomic E-state index is 0.561. The van der Waals surface area contributed by atoms with E-state index in [1.807, 2.05) is 60.7 Å². The zero-order chi connectivity index (χ0) is 46.5. The van der Waals surface area contributed by atoms with Crippen LogP contribution < -0.4 is 0 Å². The third-order valence-corrected chi connectivity index (χ3v) is 13.7. The molecule has 70 heavy (non-hydrogen) atoms. The third-order valence-electron chi connectivity index (χ3n) is 13.7. The van der Waals surface area contributed by atoms with Crippen molar-refractivity contribution in [1.82, 2.24) is 15.0 Å². The summed E-state index contributed by atoms with van der Waals surface area (Å²) in [6.45, 7) is 0. The molecular weight excluding hydrogens is 849 g/mol. The van der Waals surface area contributed by atoms with Crippen molar-refractivity contribution in [2.24, 2.45) is 0 Å². The van der Waals surface area contributed by atoms with Crippen LogP contribution in [-0.2, 0) is 0 Å². The molecule has 1 aliphatic carbocycles. The molecule has 0 unspecified atom stereocenters. The zero-order valence-corrected chi connectivity index (χ0v) is 37.9. The van der Waals surface area contributed by atoms with E-state index in [1.54, 1.807) is 0 Å². The molecule has 0 bridgehead atoms. The fourth-order valence-electron chi connectivity index (χ4n) is 10.4. The molecule has 324 valence electrons. The van der Waals surface area contributed by atoms with E-state index in [9.17, 15) is 5.26 Å². The molecule has 13 rings (SSSR count). The van der Waals surface area contributed by atoms with Crippen molar-refractivity contribution in [2.75, 3.05) is 0 Å². The van der Waals surface area contributed by atoms with Crippen LogP contribution >= 0.6 is 0 Å². The molecule has 0 N–H and O–H groups in total. The van der Waals surface area contributed by atoms with Crippen molar-refractivity contribution in [3.8, 4) is 118 Å². The van der Waals surface area contributed by atoms with Crippen LogP contribution in [0.15, 0.2) is 243 Å². The van der Waals surface area contributed by atoms with Gasteiger partial charge in [-0.1, -0.05) is 206 Å². The summed E-state index contributed by atoms with van der Waals surface area (Å²) in [6, 6.07) is 87.6. The molecule has 1 aromatic heterocycles. The average Bonchev–Trinajstić information content (AvgIpc) is 3.77. The summed E-state index contributed by atoms with van der Waals surface area (Å²) < 4.78 is 0. The molecule has 4 nitrogen and oxygen atoms in total. The fraction of sp³-hybridized carbons (Fsp3) is 0. The van der Waals surface area contributed by atoms with Crippen molar-refractivity contribution in [2.45, 2.75) is 0 Å². The Morgan fingerprint density at radius 2 is 0.729 bits per heavy atom. The van der Waals surface area contributed by atoms with Crippen LogP contribution in [0.25, 0.3) is 134 Å². The highest BCUT2D eigenvalue weighted by atomic mass is 15.0. The molecule has 1 aliphatic rings. The maximum absolute atomic E-state index is 10.5. The average molecular weight is 889 g/mol. The van der Waals surface area contributed by atoms with Crippen molar-refractivity contribution in [3.63, 3.8) is 0 Å². The van der Waals surface area contributed by atoms with Gasteiger partial charge in [0.2, 0.25) is 0 Å². The summed E-state index contributed by atoms with van der Waals surface area (Å²) in [5.41, 5.74) is 19.0. The second kappa shape index (κ2) is 16.9. The van der Waals surface area contributed by atoms with Crippen LogP contribution in [0.3, 0.4) is 0 Å². The van der Waals surface area contributed by atoms with Crippen molar-refractivity contribution in [3.05, 3.63) is 248 Å². The summed E-state index contributed by atoms with van der Waals surface area (Å²) in [5, 5.41) is 15.4. The largest absolute Gasteiger partial charge is 0.208 e. The highest BCUT2D eigenvalue weighted by molar-refractivity contribution is 6.18. The zero-order valence-electron chi connectivity index (χ0n) is 37.9. The fourth-order valence-corrected chi connectivity index (χ4v) is 10.4. The molecule has 0 amide bonds. The van der Waals surface area contributed by atoms with Gasteiger partial charge in [0.1, 0.15) is 0 Å². The number of rotatable bonds is 8. The first kappa shape index (κ1) is 40.7. The standard InChI is InChI=1S/C66H40N4/c67-41-42-35-51(40-52(36-42)55-25-7-6-23-53(55)47-20-13-21-48(39-47)56-33-34-61-58-27-10-9-26-57(58)60-30-14-29-59(56)63(60)61)46-19-12-22-50(38-46)65-68-64(44-16-2-1-3-17-44)69-66(70-65)62-28-11-8-24-54(62)49-32-31-43-15-4-5-18-45(43)37-49/h1-40H. The van der Waals surface area contributed by atoms with Crippen LogP contribution in [0, 0.1) is 11.3 Å². The second-order valence-corrected chi connectivity index (χ2v) is 17.8. The topological polar surface area (TPSA) is 62.5 Å². The Balaban J connectivity index is 0.890. The third kappa shape index (κ3) is 7.13. The highest BCUT2D eigenvalue weighted by Gasteiger charge is 2.23. The van der Waals surface area contributed by atoms with Crippen LogP contribution in [0.1, 0.15) is 5.56 Å². The highest BCUT2D eigenvalue weighted by Crippen LogP contribution is 2.49. The lowest BCUT2D eigenvalue weighted by atomic mass is 9.89. The molecule has 12 aromatic rings. The van der Waals surface area contributed by atoms with Gasteiger partial charge in [-0.25, -0.2) is 15.0 Å². The number of aromatic nitrogens is 3. The second-order valence-electron chi connectivity index (χ2n) is 17.8. The van der Waals surface area contributed by atoms with E-state index in [1.165, 1.54) is 49.4 Å². The number of benzene rings is 11. The Morgan fingerprint density at radius 1 is 0.257 bits per heavy atom. The minimum Gasteiger partial charge on any atom is -0.208 e. The first-order chi connectivity index (χ1) is 34.6. The van der Waals surface area contributed by atoms with E-state index >= 15 is 0 Å². The van der Waals surface area contributed by atoms with Crippen molar-refractivity contribution >= 4 is 21.5 Å². The molecule has 4 heteroatoms. The van der Waals surface area contributed by atoms with Gasteiger partial charge in [-0.2, -0.15) is 5.26 Å². The molecular formula is C66H40N4. The smallest absolute Gasteiger partial charge is 0.164 e. The molecule has 0 radical (unpaired) electrons. The number of hydrogen-bond donors (Lipinski definition) is 0. The van der Waals surface area contributed by atoms with Crippen molar-refractivity contribution < 1.29 is 0 Å². The maximum atomic E-state index is 10.5. The molecule has 1 heterocycles. The summed E-state index contributed by atoms with van der Waals surface area (Å²) in [7, 11) is 0. The Labute approximate surface area is 406 Å². The lowest BCUT2D eigenvalue weighted by Crippen LogP contribution is -2.01. The minimum absolute atomic E-state index is 0.561. The van der Waals surface area contributed by atoms with E-state index in [0.717, 1.165) is 66.8 Å². The van der Waals surface area contributed by atoms with Crippen molar-refractivity contribution in [1.29, 1.82) is 5.26 Å². The van der Waals surface area contributed by atoms with Gasteiger partial charge >= 0.3 is 0 Å². The summed E-state index contributed by atoms with van der Waals surface area (Å²) in [6.07, 6.45) is 0. The van der Waals surface area contributed by atoms with E-state index in [4.69, 9.17) is 15.0 Å². The Kier molecular flexibility index (Phi) is 9.85. The lowest BCUT2D eigenvalue weighted by molar-refractivity contribution is 1.07. The normalized spacial score (nSPS) is 11.4. The number of fused-ring (bicyclic) bond motifs is 4. The van der Waals surface area contributed by atoms with E-state index in [-0.39, 0.29) is 0 Å². The van der Waals surface area contributed by atoms with Crippen LogP contribution in [0.2, 0.25) is 0 Å².